The average Bonchev–Trinajstić information content (AvgIpc) is 2.66. The summed E-state index contributed by atoms with van der Waals surface area (Å²) < 4.78 is 29.8. The van der Waals surface area contributed by atoms with Crippen LogP contribution in [0.1, 0.15) is 47.4 Å². The lowest BCUT2D eigenvalue weighted by Gasteiger charge is -2.11. The summed E-state index contributed by atoms with van der Waals surface area (Å²) in [6.07, 6.45) is 1.20. The lowest BCUT2D eigenvalue weighted by molar-refractivity contribution is 0.0505. The van der Waals surface area contributed by atoms with E-state index in [1.54, 1.807) is 43.3 Å². The Hall–Kier alpha value is -2.67. The van der Waals surface area contributed by atoms with Gasteiger partial charge in [0.25, 0.3) is 5.91 Å². The van der Waals surface area contributed by atoms with E-state index in [2.05, 4.69) is 5.32 Å². The van der Waals surface area contributed by atoms with Gasteiger partial charge in [0.15, 0.2) is 9.84 Å². The number of carbonyl (C=O) groups is 2. The van der Waals surface area contributed by atoms with Gasteiger partial charge in [-0.05, 0) is 49.2 Å². The molecule has 1 N–H and O–H groups in total. The number of hydrogen-bond acceptors (Lipinski definition) is 5. The van der Waals surface area contributed by atoms with Crippen molar-refractivity contribution in [3.8, 4) is 0 Å². The van der Waals surface area contributed by atoms with Gasteiger partial charge in [0, 0.05) is 5.69 Å². The van der Waals surface area contributed by atoms with Gasteiger partial charge in [-0.25, -0.2) is 13.2 Å². The van der Waals surface area contributed by atoms with Crippen LogP contribution in [0.25, 0.3) is 0 Å². The highest BCUT2D eigenvalue weighted by Gasteiger charge is 2.21. The Labute approximate surface area is 159 Å². The number of anilines is 1. The van der Waals surface area contributed by atoms with E-state index in [-0.39, 0.29) is 16.2 Å². The lowest BCUT2D eigenvalue weighted by Crippen LogP contribution is -2.17. The molecule has 0 saturated heterocycles. The number of esters is 1. The monoisotopic (exact) mass is 389 g/mol. The van der Waals surface area contributed by atoms with E-state index < -0.39 is 21.7 Å². The molecule has 2 aromatic carbocycles. The summed E-state index contributed by atoms with van der Waals surface area (Å²) in [5.74, 6) is -0.969. The lowest BCUT2D eigenvalue weighted by atomic mass is 10.2. The summed E-state index contributed by atoms with van der Waals surface area (Å²) in [7, 11) is -3.53. The fourth-order valence-corrected chi connectivity index (χ4v) is 4.01. The van der Waals surface area contributed by atoms with Crippen molar-refractivity contribution in [1.29, 1.82) is 0 Å². The maximum Gasteiger partial charge on any atom is 0.338 e. The Kier molecular flexibility index (Phi) is 7.12. The third-order valence-corrected chi connectivity index (χ3v) is 5.73. The quantitative estimate of drug-likeness (QED) is 0.696. The molecule has 0 aliphatic heterocycles. The molecule has 1 amide bonds. The normalized spacial score (nSPS) is 11.0. The van der Waals surface area contributed by atoms with Crippen LogP contribution < -0.4 is 5.32 Å². The molecule has 0 aliphatic carbocycles. The number of sulfone groups is 1. The van der Waals surface area contributed by atoms with Gasteiger partial charge in [-0.1, -0.05) is 26.0 Å². The van der Waals surface area contributed by atoms with Crippen molar-refractivity contribution in [2.24, 2.45) is 0 Å². The number of nitrogens with one attached hydrogen (secondary N) is 1. The Morgan fingerprint density at radius 2 is 1.63 bits per heavy atom. The molecule has 2 aromatic rings. The van der Waals surface area contributed by atoms with E-state index >= 15 is 0 Å². The molecule has 27 heavy (non-hydrogen) atoms. The van der Waals surface area contributed by atoms with Crippen LogP contribution in [0.2, 0.25) is 0 Å². The molecule has 0 unspecified atom stereocenters. The van der Waals surface area contributed by atoms with Crippen LogP contribution in [-0.2, 0) is 14.6 Å². The van der Waals surface area contributed by atoms with Gasteiger partial charge in [-0.15, -0.1) is 0 Å². The number of hydrogen-bond donors (Lipinski definition) is 1. The standard InChI is InChI=1S/C20H23NO5S/c1-3-13-26-20(23)15-9-11-16(12-10-15)21-19(22)17-7-5-6-8-18(17)27(24,25)14-4-2/h5-12H,3-4,13-14H2,1-2H3,(H,21,22). The van der Waals surface area contributed by atoms with Gasteiger partial charge in [-0.2, -0.15) is 0 Å². The first-order chi connectivity index (χ1) is 12.9. The largest absolute Gasteiger partial charge is 0.462 e. The number of rotatable bonds is 8. The van der Waals surface area contributed by atoms with Crippen LogP contribution in [0.15, 0.2) is 53.4 Å². The van der Waals surface area contributed by atoms with Crippen molar-refractivity contribution in [1.82, 2.24) is 0 Å². The summed E-state index contributed by atoms with van der Waals surface area (Å²) in [6.45, 7) is 4.03. The highest BCUT2D eigenvalue weighted by Crippen LogP contribution is 2.20. The molecule has 0 fully saturated rings. The summed E-state index contributed by atoms with van der Waals surface area (Å²) >= 11 is 0. The molecule has 7 heteroatoms. The van der Waals surface area contributed by atoms with E-state index in [1.165, 1.54) is 12.1 Å². The molecule has 0 aliphatic rings. The fraction of sp³-hybridized carbons (Fsp3) is 0.300. The molecule has 0 heterocycles. The van der Waals surface area contributed by atoms with E-state index in [0.29, 0.717) is 24.3 Å². The second-order valence-electron chi connectivity index (χ2n) is 5.98. The number of benzene rings is 2. The van der Waals surface area contributed by atoms with Gasteiger partial charge in [0.05, 0.1) is 28.4 Å². The fourth-order valence-electron chi connectivity index (χ4n) is 2.47. The predicted octanol–water partition coefficient (Wildman–Crippen LogP) is 3.69. The average molecular weight is 389 g/mol. The zero-order chi connectivity index (χ0) is 19.9. The first-order valence-corrected chi connectivity index (χ1v) is 10.4. The van der Waals surface area contributed by atoms with Crippen LogP contribution in [0, 0.1) is 0 Å². The second kappa shape index (κ2) is 9.32. The Morgan fingerprint density at radius 3 is 2.26 bits per heavy atom. The van der Waals surface area contributed by atoms with Crippen molar-refractivity contribution in [3.63, 3.8) is 0 Å². The van der Waals surface area contributed by atoms with Crippen LogP contribution in [0.4, 0.5) is 5.69 Å². The number of carbonyl (C=O) groups excluding carboxylic acids is 2. The van der Waals surface area contributed by atoms with Crippen molar-refractivity contribution in [2.75, 3.05) is 17.7 Å². The molecule has 0 aromatic heterocycles. The summed E-state index contributed by atoms with van der Waals surface area (Å²) in [5.41, 5.74) is 0.930. The predicted molar refractivity (Wildman–Crippen MR) is 104 cm³/mol. The minimum absolute atomic E-state index is 0.0177. The zero-order valence-electron chi connectivity index (χ0n) is 15.4. The summed E-state index contributed by atoms with van der Waals surface area (Å²) in [4.78, 5) is 24.4. The molecule has 0 bridgehead atoms. The van der Waals surface area contributed by atoms with Gasteiger partial charge < -0.3 is 10.1 Å². The second-order valence-corrected chi connectivity index (χ2v) is 8.06. The van der Waals surface area contributed by atoms with Gasteiger partial charge >= 0.3 is 5.97 Å². The van der Waals surface area contributed by atoms with Gasteiger partial charge in [0.2, 0.25) is 0 Å². The summed E-state index contributed by atoms with van der Waals surface area (Å²) in [5, 5.41) is 2.67. The molecular formula is C20H23NO5S. The SMILES string of the molecule is CCCOC(=O)c1ccc(NC(=O)c2ccccc2S(=O)(=O)CCC)cc1. The first-order valence-electron chi connectivity index (χ1n) is 8.79. The van der Waals surface area contributed by atoms with E-state index in [4.69, 9.17) is 4.74 Å². The van der Waals surface area contributed by atoms with Crippen LogP contribution in [-0.4, -0.2) is 32.7 Å². The topological polar surface area (TPSA) is 89.5 Å². The highest BCUT2D eigenvalue weighted by atomic mass is 32.2. The maximum atomic E-state index is 12.6. The van der Waals surface area contributed by atoms with Crippen LogP contribution in [0.5, 0.6) is 0 Å². The first kappa shape index (κ1) is 20.6. The molecule has 0 radical (unpaired) electrons. The van der Waals surface area contributed by atoms with Crippen molar-refractivity contribution >= 4 is 27.4 Å². The number of ether oxygens (including phenoxy) is 1. The molecule has 0 saturated carbocycles. The van der Waals surface area contributed by atoms with E-state index in [1.807, 2.05) is 6.92 Å². The van der Waals surface area contributed by atoms with Gasteiger partial charge in [-0.3, -0.25) is 4.79 Å². The Bertz CT molecular complexity index is 904. The minimum Gasteiger partial charge on any atom is -0.462 e. The minimum atomic E-state index is -3.53. The molecule has 2 rings (SSSR count). The Balaban J connectivity index is 2.18. The number of amides is 1. The zero-order valence-corrected chi connectivity index (χ0v) is 16.2. The molecule has 0 spiro atoms. The van der Waals surface area contributed by atoms with E-state index in [0.717, 1.165) is 6.42 Å². The van der Waals surface area contributed by atoms with Crippen molar-refractivity contribution < 1.29 is 22.7 Å². The van der Waals surface area contributed by atoms with Crippen molar-refractivity contribution in [3.05, 3.63) is 59.7 Å². The molecule has 0 atom stereocenters. The van der Waals surface area contributed by atoms with Crippen molar-refractivity contribution in [2.45, 2.75) is 31.6 Å². The van der Waals surface area contributed by atoms with Crippen LogP contribution in [0.3, 0.4) is 0 Å². The third kappa shape index (κ3) is 5.40. The maximum absolute atomic E-state index is 12.6. The highest BCUT2D eigenvalue weighted by molar-refractivity contribution is 7.91. The molecule has 6 nitrogen and oxygen atoms in total. The van der Waals surface area contributed by atoms with Gasteiger partial charge in [0.1, 0.15) is 0 Å². The van der Waals surface area contributed by atoms with E-state index in [9.17, 15) is 18.0 Å². The smallest absolute Gasteiger partial charge is 0.338 e. The third-order valence-electron chi connectivity index (χ3n) is 3.76. The summed E-state index contributed by atoms with van der Waals surface area (Å²) in [6, 6.07) is 12.4. The van der Waals surface area contributed by atoms with Crippen LogP contribution >= 0.6 is 0 Å². The molecule has 144 valence electrons. The Morgan fingerprint density at radius 1 is 0.963 bits per heavy atom. The molecular weight excluding hydrogens is 366 g/mol.